The van der Waals surface area contributed by atoms with Crippen LogP contribution in [-0.4, -0.2) is 0 Å². The number of hydrogen-bond acceptors (Lipinski definition) is 0. The standard InChI is InChI=1S/C15H15.Y/c1-2-6-12(5-1)15-10-9-13-7-3-4-8-14(13)11-15;/h3-4,7-11H,1-2,5-6H2;/q-1;. The first-order chi connectivity index (χ1) is 7.43. The Labute approximate surface area is 122 Å². The summed E-state index contributed by atoms with van der Waals surface area (Å²) in [6.45, 7) is 0. The summed E-state index contributed by atoms with van der Waals surface area (Å²) in [7, 11) is 0. The summed E-state index contributed by atoms with van der Waals surface area (Å²) in [5.74, 6) is 1.65. The van der Waals surface area contributed by atoms with Crippen molar-refractivity contribution in [3.8, 4) is 0 Å². The summed E-state index contributed by atoms with van der Waals surface area (Å²) >= 11 is 0. The van der Waals surface area contributed by atoms with Gasteiger partial charge in [-0.1, -0.05) is 55.3 Å². The van der Waals surface area contributed by atoms with Gasteiger partial charge in [0.1, 0.15) is 0 Å². The smallest absolute Gasteiger partial charge is 0 e. The van der Waals surface area contributed by atoms with Gasteiger partial charge in [-0.15, -0.1) is 6.07 Å². The van der Waals surface area contributed by atoms with Crippen LogP contribution in [0.3, 0.4) is 0 Å². The molecule has 0 atom stereocenters. The maximum atomic E-state index is 2.34. The molecule has 2 aromatic carbocycles. The number of benzene rings is 2. The van der Waals surface area contributed by atoms with Gasteiger partial charge in [-0.2, -0.15) is 23.6 Å². The Hall–Kier alpha value is -0.326. The number of hydrogen-bond donors (Lipinski definition) is 0. The van der Waals surface area contributed by atoms with Crippen LogP contribution in [0.25, 0.3) is 10.8 Å². The summed E-state index contributed by atoms with van der Waals surface area (Å²) in [4.78, 5) is 0. The molecule has 2 aromatic rings. The van der Waals surface area contributed by atoms with Crippen LogP contribution < -0.4 is 0 Å². The van der Waals surface area contributed by atoms with Gasteiger partial charge in [0.2, 0.25) is 0 Å². The third kappa shape index (κ3) is 2.33. The van der Waals surface area contributed by atoms with Crippen LogP contribution in [0.15, 0.2) is 42.5 Å². The van der Waals surface area contributed by atoms with E-state index in [1.165, 1.54) is 42.0 Å². The zero-order chi connectivity index (χ0) is 10.1. The van der Waals surface area contributed by atoms with Gasteiger partial charge in [-0.05, 0) is 5.39 Å². The molecule has 3 rings (SSSR count). The van der Waals surface area contributed by atoms with Gasteiger partial charge in [0.15, 0.2) is 0 Å². The van der Waals surface area contributed by atoms with Crippen LogP contribution in [0, 0.1) is 5.92 Å². The van der Waals surface area contributed by atoms with E-state index in [-0.39, 0.29) is 32.7 Å². The van der Waals surface area contributed by atoms with Gasteiger partial charge in [0.05, 0.1) is 0 Å². The molecule has 1 saturated carbocycles. The number of fused-ring (bicyclic) bond motifs is 1. The molecular weight excluding hydrogens is 269 g/mol. The first kappa shape index (κ1) is 12.1. The molecule has 0 nitrogen and oxygen atoms in total. The maximum Gasteiger partial charge on any atom is 0 e. The van der Waals surface area contributed by atoms with Crippen molar-refractivity contribution in [2.45, 2.75) is 25.7 Å². The monoisotopic (exact) mass is 284 g/mol. The summed E-state index contributed by atoms with van der Waals surface area (Å²) in [5, 5.41) is 2.72. The summed E-state index contributed by atoms with van der Waals surface area (Å²) in [6.07, 6.45) is 5.36. The maximum absolute atomic E-state index is 2.34. The molecule has 0 aliphatic heterocycles. The Morgan fingerprint density at radius 2 is 1.50 bits per heavy atom. The van der Waals surface area contributed by atoms with Crippen LogP contribution in [0.1, 0.15) is 31.2 Å². The summed E-state index contributed by atoms with van der Waals surface area (Å²) < 4.78 is 0. The van der Waals surface area contributed by atoms with Gasteiger partial charge in [-0.3, -0.25) is 0 Å². The average Bonchev–Trinajstić information content (AvgIpc) is 2.82. The Balaban J connectivity index is 0.000000963. The zero-order valence-corrected chi connectivity index (χ0v) is 12.3. The zero-order valence-electron chi connectivity index (χ0n) is 9.45. The van der Waals surface area contributed by atoms with Crippen LogP contribution >= 0.6 is 0 Å². The molecule has 1 radical (unpaired) electrons. The van der Waals surface area contributed by atoms with Crippen molar-refractivity contribution in [1.82, 2.24) is 0 Å². The van der Waals surface area contributed by atoms with Gasteiger partial charge in [0.25, 0.3) is 0 Å². The molecule has 16 heavy (non-hydrogen) atoms. The molecular formula is C15H15Y-. The molecule has 1 fully saturated rings. The van der Waals surface area contributed by atoms with Crippen LogP contribution in [0.5, 0.6) is 0 Å². The van der Waals surface area contributed by atoms with Crippen LogP contribution in [0.2, 0.25) is 0 Å². The van der Waals surface area contributed by atoms with E-state index < -0.39 is 0 Å². The molecule has 0 bridgehead atoms. The second-order valence-electron chi connectivity index (χ2n) is 4.37. The molecule has 0 saturated heterocycles. The average molecular weight is 284 g/mol. The van der Waals surface area contributed by atoms with E-state index in [0.29, 0.717) is 0 Å². The Kier molecular flexibility index (Phi) is 4.05. The minimum absolute atomic E-state index is 0. The van der Waals surface area contributed by atoms with Crippen molar-refractivity contribution in [3.63, 3.8) is 0 Å². The largest absolute Gasteiger partial charge is 0.188 e. The summed E-state index contributed by atoms with van der Waals surface area (Å²) in [5.41, 5.74) is 1.46. The molecule has 1 aliphatic rings. The molecule has 0 spiro atoms. The molecule has 0 heterocycles. The third-order valence-corrected chi connectivity index (χ3v) is 3.36. The second kappa shape index (κ2) is 5.34. The molecule has 1 aliphatic carbocycles. The molecule has 0 amide bonds. The van der Waals surface area contributed by atoms with Crippen molar-refractivity contribution in [2.75, 3.05) is 0 Å². The predicted octanol–water partition coefficient (Wildman–Crippen LogP) is 4.33. The predicted molar refractivity (Wildman–Crippen MR) is 64.8 cm³/mol. The first-order valence-corrected chi connectivity index (χ1v) is 5.77. The van der Waals surface area contributed by atoms with Crippen LogP contribution in [0.4, 0.5) is 0 Å². The van der Waals surface area contributed by atoms with Crippen molar-refractivity contribution < 1.29 is 32.7 Å². The van der Waals surface area contributed by atoms with E-state index in [1.54, 1.807) is 5.92 Å². The van der Waals surface area contributed by atoms with E-state index in [1.807, 2.05) is 0 Å². The fraction of sp³-hybridized carbons (Fsp3) is 0.267. The fourth-order valence-electron chi connectivity index (χ4n) is 2.50. The minimum Gasteiger partial charge on any atom is -0.188 e. The normalized spacial score (nSPS) is 15.1. The van der Waals surface area contributed by atoms with E-state index >= 15 is 0 Å². The molecule has 0 unspecified atom stereocenters. The molecule has 0 N–H and O–H groups in total. The fourth-order valence-corrected chi connectivity index (χ4v) is 2.50. The molecule has 1 heteroatoms. The first-order valence-electron chi connectivity index (χ1n) is 5.77. The second-order valence-corrected chi connectivity index (χ2v) is 4.37. The molecule has 79 valence electrons. The van der Waals surface area contributed by atoms with Crippen LogP contribution in [-0.2, 0) is 32.7 Å². The minimum atomic E-state index is 0. The van der Waals surface area contributed by atoms with E-state index in [4.69, 9.17) is 0 Å². The van der Waals surface area contributed by atoms with Gasteiger partial charge >= 0.3 is 0 Å². The summed E-state index contributed by atoms with van der Waals surface area (Å²) in [6, 6.07) is 15.5. The Morgan fingerprint density at radius 1 is 0.812 bits per heavy atom. The van der Waals surface area contributed by atoms with Crippen molar-refractivity contribution in [1.29, 1.82) is 0 Å². The Morgan fingerprint density at radius 3 is 2.25 bits per heavy atom. The van der Waals surface area contributed by atoms with Crippen molar-refractivity contribution >= 4 is 10.8 Å². The SMILES string of the molecule is [Y].c1ccc2cc([C-]3CCCC3)ccc2c1. The van der Waals surface area contributed by atoms with E-state index in [9.17, 15) is 0 Å². The van der Waals surface area contributed by atoms with E-state index in [0.717, 1.165) is 0 Å². The van der Waals surface area contributed by atoms with Crippen molar-refractivity contribution in [2.24, 2.45) is 0 Å². The quantitative estimate of drug-likeness (QED) is 0.684. The molecule has 0 aromatic heterocycles. The van der Waals surface area contributed by atoms with E-state index in [2.05, 4.69) is 42.5 Å². The van der Waals surface area contributed by atoms with Crippen molar-refractivity contribution in [3.05, 3.63) is 53.9 Å². The van der Waals surface area contributed by atoms with Gasteiger partial charge in [0, 0.05) is 32.7 Å². The number of rotatable bonds is 1. The topological polar surface area (TPSA) is 0 Å². The van der Waals surface area contributed by atoms with Gasteiger partial charge in [-0.25, -0.2) is 0 Å². The third-order valence-electron chi connectivity index (χ3n) is 3.36. The van der Waals surface area contributed by atoms with Gasteiger partial charge < -0.3 is 0 Å². The Bertz CT molecular complexity index is 470.